The molecule has 1 aromatic carbocycles. The Morgan fingerprint density at radius 3 is 2.42 bits per heavy atom. The lowest BCUT2D eigenvalue weighted by Crippen LogP contribution is -2.48. The maximum absolute atomic E-state index is 13.9. The van der Waals surface area contributed by atoms with Crippen LogP contribution in [0.2, 0.25) is 18.1 Å². The summed E-state index contributed by atoms with van der Waals surface area (Å²) in [5.41, 5.74) is 0.739. The molecule has 1 fully saturated rings. The minimum absolute atomic E-state index is 0.0624. The number of benzene rings is 1. The summed E-state index contributed by atoms with van der Waals surface area (Å²) in [6.07, 6.45) is 0.430. The van der Waals surface area contributed by atoms with Crippen molar-refractivity contribution in [1.82, 2.24) is 4.90 Å². The van der Waals surface area contributed by atoms with Crippen LogP contribution in [0.3, 0.4) is 0 Å². The van der Waals surface area contributed by atoms with Crippen molar-refractivity contribution in [3.8, 4) is 0 Å². The molecule has 0 saturated carbocycles. The zero-order valence-corrected chi connectivity index (χ0v) is 21.4. The molecule has 1 aromatic rings. The monoisotopic (exact) mass is 453 g/mol. The molecule has 1 amide bonds. The normalized spacial score (nSPS) is 20.6. The van der Waals surface area contributed by atoms with Crippen LogP contribution in [-0.2, 0) is 15.8 Å². The summed E-state index contributed by atoms with van der Waals surface area (Å²) in [5, 5.41) is 9.59. The summed E-state index contributed by atoms with van der Waals surface area (Å²) in [5.74, 6) is -0.215. The summed E-state index contributed by atoms with van der Waals surface area (Å²) in [6, 6.07) is 4.97. The number of hydrogen-bond donors (Lipinski definition) is 1. The number of likely N-dealkylation sites (tertiary alicyclic amines) is 1. The van der Waals surface area contributed by atoms with E-state index in [0.717, 1.165) is 12.0 Å². The lowest BCUT2D eigenvalue weighted by molar-refractivity contribution is 0.0106. The van der Waals surface area contributed by atoms with Gasteiger partial charge in [0.1, 0.15) is 11.4 Å². The Balaban J connectivity index is 2.26. The first-order valence-electron chi connectivity index (χ1n) is 11.2. The highest BCUT2D eigenvalue weighted by Gasteiger charge is 2.40. The molecular formula is C24H40FNO4Si. The molecule has 0 unspecified atom stereocenters. The second kappa shape index (κ2) is 9.59. The molecule has 0 spiro atoms. The molecule has 1 saturated heterocycles. The van der Waals surface area contributed by atoms with Gasteiger partial charge in [-0.25, -0.2) is 9.18 Å². The van der Waals surface area contributed by atoms with E-state index in [-0.39, 0.29) is 29.6 Å². The van der Waals surface area contributed by atoms with Crippen molar-refractivity contribution in [2.75, 3.05) is 19.7 Å². The van der Waals surface area contributed by atoms with E-state index in [1.807, 2.05) is 20.8 Å². The number of carbonyl (C=O) groups excluding carboxylic acids is 1. The summed E-state index contributed by atoms with van der Waals surface area (Å²) >= 11 is 0. The Morgan fingerprint density at radius 1 is 1.23 bits per heavy atom. The van der Waals surface area contributed by atoms with Gasteiger partial charge in [0.05, 0.1) is 6.61 Å². The number of halogens is 1. The largest absolute Gasteiger partial charge is 0.444 e. The topological polar surface area (TPSA) is 59.0 Å². The van der Waals surface area contributed by atoms with Gasteiger partial charge in [-0.1, -0.05) is 32.9 Å². The van der Waals surface area contributed by atoms with Gasteiger partial charge in [-0.3, -0.25) is 0 Å². The molecule has 176 valence electrons. The summed E-state index contributed by atoms with van der Waals surface area (Å²) in [7, 11) is -1.97. The number of amides is 1. The Kier molecular flexibility index (Phi) is 7.98. The highest BCUT2D eigenvalue weighted by Crippen LogP contribution is 2.39. The van der Waals surface area contributed by atoms with E-state index in [1.165, 1.54) is 6.07 Å². The average molecular weight is 454 g/mol. The van der Waals surface area contributed by atoms with Crippen LogP contribution in [0.25, 0.3) is 0 Å². The minimum Gasteiger partial charge on any atom is -0.444 e. The number of aliphatic hydroxyl groups is 1. The number of rotatable bonds is 5. The summed E-state index contributed by atoms with van der Waals surface area (Å²) in [6.45, 7) is 18.0. The first kappa shape index (κ1) is 25.8. The molecule has 5 nitrogen and oxygen atoms in total. The molecule has 1 aliphatic rings. The second-order valence-corrected chi connectivity index (χ2v) is 16.0. The Bertz CT molecular complexity index is 770. The Hall–Kier alpha value is -1.44. The smallest absolute Gasteiger partial charge is 0.410 e. The lowest BCUT2D eigenvalue weighted by atomic mass is 9.80. The number of ether oxygens (including phenoxy) is 1. The Morgan fingerprint density at radius 2 is 1.87 bits per heavy atom. The molecule has 0 bridgehead atoms. The first-order valence-corrected chi connectivity index (χ1v) is 14.1. The molecular weight excluding hydrogens is 413 g/mol. The third-order valence-corrected chi connectivity index (χ3v) is 11.0. The molecule has 2 atom stereocenters. The summed E-state index contributed by atoms with van der Waals surface area (Å²) < 4.78 is 26.1. The fraction of sp³-hybridized carbons (Fsp3) is 0.708. The highest BCUT2D eigenvalue weighted by molar-refractivity contribution is 6.74. The molecule has 1 N–H and O–H groups in total. The van der Waals surface area contributed by atoms with Crippen molar-refractivity contribution in [2.24, 2.45) is 5.92 Å². The van der Waals surface area contributed by atoms with Gasteiger partial charge in [-0.2, -0.15) is 0 Å². The van der Waals surface area contributed by atoms with Crippen molar-refractivity contribution in [2.45, 2.75) is 84.2 Å². The van der Waals surface area contributed by atoms with E-state index < -0.39 is 19.7 Å². The summed E-state index contributed by atoms with van der Waals surface area (Å²) in [4.78, 5) is 14.5. The van der Waals surface area contributed by atoms with Gasteiger partial charge >= 0.3 is 6.09 Å². The molecule has 0 radical (unpaired) electrons. The van der Waals surface area contributed by atoms with Gasteiger partial charge in [0.2, 0.25) is 0 Å². The third-order valence-electron chi connectivity index (χ3n) is 6.52. The zero-order chi connectivity index (χ0) is 23.6. The molecule has 1 heterocycles. The predicted octanol–water partition coefficient (Wildman–Crippen LogP) is 5.68. The third kappa shape index (κ3) is 6.77. The SMILES string of the molecule is CC(C)(C)OC(=O)N1CC[C@@H](c2ccc(F)c(CO)c2)[C@@H](CO[Si](C)(C)C(C)(C)C)C1. The van der Waals surface area contributed by atoms with Crippen LogP contribution in [0.4, 0.5) is 9.18 Å². The highest BCUT2D eigenvalue weighted by atomic mass is 28.4. The number of nitrogens with zero attached hydrogens (tertiary/aromatic N) is 1. The maximum atomic E-state index is 13.9. The van der Waals surface area contributed by atoms with Crippen LogP contribution in [0.1, 0.15) is 65.0 Å². The van der Waals surface area contributed by atoms with E-state index in [4.69, 9.17) is 9.16 Å². The second-order valence-electron chi connectivity index (χ2n) is 11.2. The molecule has 0 aliphatic carbocycles. The average Bonchev–Trinajstić information content (AvgIpc) is 2.64. The van der Waals surface area contributed by atoms with Crippen LogP contribution in [-0.4, -0.2) is 49.7 Å². The fourth-order valence-electron chi connectivity index (χ4n) is 3.61. The van der Waals surface area contributed by atoms with Gasteiger partial charge in [0.25, 0.3) is 0 Å². The van der Waals surface area contributed by atoms with Crippen molar-refractivity contribution in [1.29, 1.82) is 0 Å². The Labute approximate surface area is 188 Å². The van der Waals surface area contributed by atoms with E-state index in [2.05, 4.69) is 33.9 Å². The van der Waals surface area contributed by atoms with Crippen molar-refractivity contribution >= 4 is 14.4 Å². The zero-order valence-electron chi connectivity index (χ0n) is 20.4. The molecule has 31 heavy (non-hydrogen) atoms. The first-order chi connectivity index (χ1) is 14.1. The molecule has 7 heteroatoms. The fourth-order valence-corrected chi connectivity index (χ4v) is 4.67. The minimum atomic E-state index is -1.97. The van der Waals surface area contributed by atoms with Crippen LogP contribution in [0, 0.1) is 11.7 Å². The lowest BCUT2D eigenvalue weighted by Gasteiger charge is -2.42. The number of aliphatic hydroxyl groups excluding tert-OH is 1. The van der Waals surface area contributed by atoms with Gasteiger partial charge in [-0.05, 0) is 62.9 Å². The van der Waals surface area contributed by atoms with Gasteiger partial charge < -0.3 is 19.2 Å². The maximum Gasteiger partial charge on any atom is 0.410 e. The van der Waals surface area contributed by atoms with E-state index in [0.29, 0.717) is 25.3 Å². The standard InChI is InChI=1S/C24H40FNO4Si/c1-23(2,3)30-22(28)26-12-11-20(17-9-10-21(25)18(13-17)15-27)19(14-26)16-29-31(7,8)24(4,5)6/h9-10,13,19-20,27H,11-12,14-16H2,1-8H3/t19-,20+/m1/s1. The van der Waals surface area contributed by atoms with Crippen molar-refractivity contribution < 1.29 is 23.5 Å². The predicted molar refractivity (Wildman–Crippen MR) is 124 cm³/mol. The molecule has 1 aliphatic heterocycles. The number of carbonyl (C=O) groups is 1. The van der Waals surface area contributed by atoms with Crippen molar-refractivity contribution in [3.05, 3.63) is 35.1 Å². The van der Waals surface area contributed by atoms with Gasteiger partial charge in [0.15, 0.2) is 8.32 Å². The van der Waals surface area contributed by atoms with Crippen LogP contribution < -0.4 is 0 Å². The number of piperidine rings is 1. The van der Waals surface area contributed by atoms with Crippen LogP contribution in [0.15, 0.2) is 18.2 Å². The van der Waals surface area contributed by atoms with E-state index >= 15 is 0 Å². The quantitative estimate of drug-likeness (QED) is 0.583. The van der Waals surface area contributed by atoms with E-state index in [9.17, 15) is 14.3 Å². The van der Waals surface area contributed by atoms with Crippen molar-refractivity contribution in [3.63, 3.8) is 0 Å². The van der Waals surface area contributed by atoms with Gasteiger partial charge in [-0.15, -0.1) is 0 Å². The van der Waals surface area contributed by atoms with Crippen LogP contribution in [0.5, 0.6) is 0 Å². The molecule has 2 rings (SSSR count). The van der Waals surface area contributed by atoms with E-state index in [1.54, 1.807) is 17.0 Å². The number of hydrogen-bond acceptors (Lipinski definition) is 4. The van der Waals surface area contributed by atoms with Crippen LogP contribution >= 0.6 is 0 Å². The van der Waals surface area contributed by atoms with Gasteiger partial charge in [0, 0.05) is 31.2 Å². The molecule has 0 aromatic heterocycles.